The van der Waals surface area contributed by atoms with Crippen LogP contribution in [0.15, 0.2) is 53.4 Å². The number of nitrogens with zero attached hydrogens (tertiary/aromatic N) is 1. The number of rotatable bonds is 3. The number of hydrogen-bond donors (Lipinski definition) is 1. The van der Waals surface area contributed by atoms with E-state index in [0.29, 0.717) is 4.90 Å². The van der Waals surface area contributed by atoms with Gasteiger partial charge >= 0.3 is 0 Å². The molecule has 2 rings (SSSR count). The van der Waals surface area contributed by atoms with Gasteiger partial charge in [0.1, 0.15) is 0 Å². The van der Waals surface area contributed by atoms with Gasteiger partial charge in [0, 0.05) is 17.0 Å². The van der Waals surface area contributed by atoms with Crippen LogP contribution in [-0.2, 0) is 6.42 Å². The third kappa shape index (κ3) is 2.85. The first-order valence-electron chi connectivity index (χ1n) is 5.17. The Bertz CT molecular complexity index is 540. The molecule has 17 heavy (non-hydrogen) atoms. The first-order chi connectivity index (χ1) is 8.16. The zero-order valence-corrected chi connectivity index (χ0v) is 9.93. The van der Waals surface area contributed by atoms with Crippen molar-refractivity contribution in [3.8, 4) is 0 Å². The molecule has 0 N–H and O–H groups in total. The lowest BCUT2D eigenvalue weighted by atomic mass is 10.0. The molecule has 0 aromatic heterocycles. The van der Waals surface area contributed by atoms with E-state index in [2.05, 4.69) is 12.6 Å². The number of hydrogen-bond acceptors (Lipinski definition) is 3. The molecule has 0 aliphatic heterocycles. The molecule has 86 valence electrons. The fourth-order valence-electron chi connectivity index (χ4n) is 1.63. The average Bonchev–Trinajstić information content (AvgIpc) is 2.33. The summed E-state index contributed by atoms with van der Waals surface area (Å²) in [6.45, 7) is 0. The summed E-state index contributed by atoms with van der Waals surface area (Å²) in [5.74, 6) is 0. The minimum Gasteiger partial charge on any atom is -0.258 e. The fraction of sp³-hybridized carbons (Fsp3) is 0.0769. The van der Waals surface area contributed by atoms with Crippen LogP contribution in [0.5, 0.6) is 0 Å². The van der Waals surface area contributed by atoms with E-state index in [0.717, 1.165) is 17.5 Å². The van der Waals surface area contributed by atoms with Crippen molar-refractivity contribution >= 4 is 18.3 Å². The Morgan fingerprint density at radius 3 is 2.41 bits per heavy atom. The van der Waals surface area contributed by atoms with Crippen LogP contribution in [0.1, 0.15) is 11.1 Å². The summed E-state index contributed by atoms with van der Waals surface area (Å²) < 4.78 is 0. The number of nitro benzene ring substituents is 1. The molecule has 0 bridgehead atoms. The predicted octanol–water partition coefficient (Wildman–Crippen LogP) is 3.47. The Balaban J connectivity index is 2.26. The molecule has 0 aliphatic carbocycles. The van der Waals surface area contributed by atoms with E-state index < -0.39 is 4.92 Å². The predicted molar refractivity (Wildman–Crippen MR) is 69.6 cm³/mol. The largest absolute Gasteiger partial charge is 0.270 e. The molecular weight excluding hydrogens is 234 g/mol. The summed E-state index contributed by atoms with van der Waals surface area (Å²) in [6.07, 6.45) is 0.734. The van der Waals surface area contributed by atoms with E-state index in [1.165, 1.54) is 12.1 Å². The monoisotopic (exact) mass is 245 g/mol. The molecule has 2 aromatic carbocycles. The molecule has 4 heteroatoms. The first-order valence-corrected chi connectivity index (χ1v) is 5.62. The molecule has 0 saturated carbocycles. The molecule has 0 amide bonds. The van der Waals surface area contributed by atoms with Gasteiger partial charge < -0.3 is 0 Å². The molecule has 0 atom stereocenters. The highest BCUT2D eigenvalue weighted by Crippen LogP contribution is 2.23. The Labute approximate surface area is 105 Å². The highest BCUT2D eigenvalue weighted by molar-refractivity contribution is 7.80. The molecule has 0 saturated heterocycles. The van der Waals surface area contributed by atoms with Gasteiger partial charge in [0.2, 0.25) is 0 Å². The van der Waals surface area contributed by atoms with Gasteiger partial charge in [-0.25, -0.2) is 0 Å². The van der Waals surface area contributed by atoms with Gasteiger partial charge in [-0.2, -0.15) is 0 Å². The second-order valence-corrected chi connectivity index (χ2v) is 4.21. The normalized spacial score (nSPS) is 10.2. The summed E-state index contributed by atoms with van der Waals surface area (Å²) in [7, 11) is 0. The number of nitro groups is 1. The Hall–Kier alpha value is -1.81. The minimum absolute atomic E-state index is 0.0758. The van der Waals surface area contributed by atoms with Crippen LogP contribution in [0.2, 0.25) is 0 Å². The van der Waals surface area contributed by atoms with Crippen molar-refractivity contribution < 1.29 is 4.92 Å². The van der Waals surface area contributed by atoms with Crippen LogP contribution in [0.4, 0.5) is 5.69 Å². The second kappa shape index (κ2) is 5.01. The topological polar surface area (TPSA) is 43.1 Å². The van der Waals surface area contributed by atoms with Gasteiger partial charge in [0.25, 0.3) is 5.69 Å². The van der Waals surface area contributed by atoms with Crippen molar-refractivity contribution in [2.45, 2.75) is 11.3 Å². The molecule has 2 aromatic rings. The summed E-state index contributed by atoms with van der Waals surface area (Å²) in [6, 6.07) is 14.7. The second-order valence-electron chi connectivity index (χ2n) is 3.73. The molecule has 0 heterocycles. The van der Waals surface area contributed by atoms with Gasteiger partial charge in [-0.3, -0.25) is 10.1 Å². The molecule has 0 fully saturated rings. The van der Waals surface area contributed by atoms with Crippen LogP contribution in [0, 0.1) is 10.1 Å². The van der Waals surface area contributed by atoms with Crippen molar-refractivity contribution in [1.82, 2.24) is 0 Å². The van der Waals surface area contributed by atoms with Gasteiger partial charge in [-0.15, -0.1) is 12.6 Å². The van der Waals surface area contributed by atoms with Crippen LogP contribution < -0.4 is 0 Å². The van der Waals surface area contributed by atoms with E-state index in [1.54, 1.807) is 6.07 Å². The lowest BCUT2D eigenvalue weighted by Gasteiger charge is -2.05. The zero-order chi connectivity index (χ0) is 12.3. The quantitative estimate of drug-likeness (QED) is 0.511. The summed E-state index contributed by atoms with van der Waals surface area (Å²) in [5, 5.41) is 10.6. The lowest BCUT2D eigenvalue weighted by Crippen LogP contribution is -1.93. The summed E-state index contributed by atoms with van der Waals surface area (Å²) in [5.41, 5.74) is 2.23. The summed E-state index contributed by atoms with van der Waals surface area (Å²) >= 11 is 4.29. The van der Waals surface area contributed by atoms with Crippen LogP contribution in [0.25, 0.3) is 0 Å². The van der Waals surface area contributed by atoms with Crippen molar-refractivity contribution in [2.75, 3.05) is 0 Å². The zero-order valence-electron chi connectivity index (χ0n) is 9.04. The standard InChI is InChI=1S/C13H11NO2S/c15-14(16)12-7-6-11(13(17)9-12)8-10-4-2-1-3-5-10/h1-7,9,17H,8H2. The number of benzene rings is 2. The van der Waals surface area contributed by atoms with E-state index in [9.17, 15) is 10.1 Å². The SMILES string of the molecule is O=[N+]([O-])c1ccc(Cc2ccccc2)c(S)c1. The Morgan fingerprint density at radius 2 is 1.82 bits per heavy atom. The van der Waals surface area contributed by atoms with Crippen LogP contribution >= 0.6 is 12.6 Å². The maximum Gasteiger partial charge on any atom is 0.270 e. The maximum atomic E-state index is 10.6. The van der Waals surface area contributed by atoms with Gasteiger partial charge in [0.15, 0.2) is 0 Å². The maximum absolute atomic E-state index is 10.6. The van der Waals surface area contributed by atoms with Gasteiger partial charge in [-0.1, -0.05) is 36.4 Å². The first kappa shape index (κ1) is 11.7. The van der Waals surface area contributed by atoms with E-state index in [1.807, 2.05) is 30.3 Å². The molecule has 0 radical (unpaired) electrons. The van der Waals surface area contributed by atoms with E-state index in [4.69, 9.17) is 0 Å². The van der Waals surface area contributed by atoms with Crippen molar-refractivity contribution in [1.29, 1.82) is 0 Å². The third-order valence-corrected chi connectivity index (χ3v) is 2.93. The van der Waals surface area contributed by atoms with Gasteiger partial charge in [-0.05, 0) is 17.5 Å². The van der Waals surface area contributed by atoms with Crippen LogP contribution in [-0.4, -0.2) is 4.92 Å². The number of thiol groups is 1. The van der Waals surface area contributed by atoms with Crippen molar-refractivity contribution in [3.63, 3.8) is 0 Å². The highest BCUT2D eigenvalue weighted by Gasteiger charge is 2.08. The Morgan fingerprint density at radius 1 is 1.12 bits per heavy atom. The molecule has 3 nitrogen and oxygen atoms in total. The highest BCUT2D eigenvalue weighted by atomic mass is 32.1. The average molecular weight is 245 g/mol. The molecular formula is C13H11NO2S. The third-order valence-electron chi connectivity index (χ3n) is 2.52. The summed E-state index contributed by atoms with van der Waals surface area (Å²) in [4.78, 5) is 10.8. The minimum atomic E-state index is -0.411. The van der Waals surface area contributed by atoms with E-state index in [-0.39, 0.29) is 5.69 Å². The molecule has 0 aliphatic rings. The fourth-order valence-corrected chi connectivity index (χ4v) is 1.92. The van der Waals surface area contributed by atoms with Gasteiger partial charge in [0.05, 0.1) is 4.92 Å². The number of non-ortho nitro benzene ring substituents is 1. The molecule has 0 spiro atoms. The van der Waals surface area contributed by atoms with Crippen LogP contribution in [0.3, 0.4) is 0 Å². The van der Waals surface area contributed by atoms with E-state index >= 15 is 0 Å². The Kier molecular flexibility index (Phi) is 3.44. The molecule has 0 unspecified atom stereocenters. The van der Waals surface area contributed by atoms with Crippen molar-refractivity contribution in [2.24, 2.45) is 0 Å². The van der Waals surface area contributed by atoms with Crippen molar-refractivity contribution in [3.05, 3.63) is 69.8 Å². The smallest absolute Gasteiger partial charge is 0.258 e. The lowest BCUT2D eigenvalue weighted by molar-refractivity contribution is -0.385.